The molecule has 1 rings (SSSR count). The molecule has 0 heterocycles. The van der Waals surface area contributed by atoms with E-state index in [1.165, 1.54) is 11.8 Å². The molecule has 3 nitrogen and oxygen atoms in total. The summed E-state index contributed by atoms with van der Waals surface area (Å²) in [6.45, 7) is 6.14. The van der Waals surface area contributed by atoms with Crippen LogP contribution in [0, 0.1) is 0 Å². The Morgan fingerprint density at radius 3 is 2.26 bits per heavy atom. The van der Waals surface area contributed by atoms with Gasteiger partial charge in [0.25, 0.3) is 0 Å². The van der Waals surface area contributed by atoms with Crippen LogP contribution in [0.5, 0.6) is 0 Å². The number of hydrogen-bond acceptors (Lipinski definition) is 3. The van der Waals surface area contributed by atoms with Crippen molar-refractivity contribution in [2.75, 3.05) is 12.8 Å². The Kier molecular flexibility index (Phi) is 5.56. The summed E-state index contributed by atoms with van der Waals surface area (Å²) in [6.07, 6.45) is 3.36. The number of sulfone groups is 1. The fraction of sp³-hybridized carbons (Fsp3) is 0.600. The molecule has 19 heavy (non-hydrogen) atoms. The van der Waals surface area contributed by atoms with Gasteiger partial charge in [0.1, 0.15) is 0 Å². The van der Waals surface area contributed by atoms with Gasteiger partial charge >= 0.3 is 0 Å². The van der Waals surface area contributed by atoms with E-state index in [4.69, 9.17) is 0 Å². The van der Waals surface area contributed by atoms with Crippen LogP contribution in [-0.2, 0) is 9.84 Å². The molecular weight excluding hydrogens is 258 g/mol. The van der Waals surface area contributed by atoms with Gasteiger partial charge in [-0.05, 0) is 25.8 Å². The molecule has 0 saturated heterocycles. The van der Waals surface area contributed by atoms with Crippen LogP contribution in [0.25, 0.3) is 0 Å². The Balaban J connectivity index is 2.76. The zero-order valence-corrected chi connectivity index (χ0v) is 13.1. The molecule has 1 atom stereocenters. The number of benzene rings is 1. The fourth-order valence-corrected chi connectivity index (χ4v) is 2.21. The third-order valence-electron chi connectivity index (χ3n) is 3.56. The Bertz CT molecular complexity index is 480. The van der Waals surface area contributed by atoms with Gasteiger partial charge in [-0.2, -0.15) is 0 Å². The van der Waals surface area contributed by atoms with Crippen molar-refractivity contribution < 1.29 is 8.42 Å². The van der Waals surface area contributed by atoms with Gasteiger partial charge in [0.2, 0.25) is 0 Å². The van der Waals surface area contributed by atoms with Gasteiger partial charge < -0.3 is 5.32 Å². The summed E-state index contributed by atoms with van der Waals surface area (Å²) >= 11 is 0. The van der Waals surface area contributed by atoms with Crippen molar-refractivity contribution in [3.8, 4) is 0 Å². The van der Waals surface area contributed by atoms with Crippen LogP contribution in [0.3, 0.4) is 0 Å². The number of hydrogen-bond donors (Lipinski definition) is 1. The van der Waals surface area contributed by atoms with E-state index in [1.807, 2.05) is 18.2 Å². The first kappa shape index (κ1) is 16.2. The van der Waals surface area contributed by atoms with E-state index in [2.05, 4.69) is 24.4 Å². The lowest BCUT2D eigenvalue weighted by Gasteiger charge is -2.27. The summed E-state index contributed by atoms with van der Waals surface area (Å²) in [5, 5.41) is 3.40. The Morgan fingerprint density at radius 1 is 1.21 bits per heavy atom. The van der Waals surface area contributed by atoms with E-state index < -0.39 is 14.6 Å². The monoisotopic (exact) mass is 283 g/mol. The molecule has 0 radical (unpaired) electrons. The van der Waals surface area contributed by atoms with Crippen molar-refractivity contribution in [2.24, 2.45) is 0 Å². The third-order valence-corrected chi connectivity index (χ3v) is 5.71. The lowest BCUT2D eigenvalue weighted by atomic mass is 10.0. The molecule has 4 heteroatoms. The molecule has 1 unspecified atom stereocenters. The van der Waals surface area contributed by atoms with Crippen LogP contribution in [-0.4, -0.2) is 26.0 Å². The van der Waals surface area contributed by atoms with E-state index >= 15 is 0 Å². The SMILES string of the molecule is CCCC(NCC(C)(C)S(C)(=O)=O)c1ccccc1. The maximum absolute atomic E-state index is 11.7. The first-order valence-corrected chi connectivity index (χ1v) is 8.65. The highest BCUT2D eigenvalue weighted by Crippen LogP contribution is 2.21. The van der Waals surface area contributed by atoms with Gasteiger partial charge in [-0.1, -0.05) is 43.7 Å². The van der Waals surface area contributed by atoms with Gasteiger partial charge in [-0.15, -0.1) is 0 Å². The first-order valence-electron chi connectivity index (χ1n) is 6.76. The second kappa shape index (κ2) is 6.53. The summed E-state index contributed by atoms with van der Waals surface area (Å²) in [6, 6.07) is 10.4. The molecule has 0 aliphatic heterocycles. The molecule has 0 aliphatic rings. The summed E-state index contributed by atoms with van der Waals surface area (Å²) in [4.78, 5) is 0. The Hall–Kier alpha value is -0.870. The minimum Gasteiger partial charge on any atom is -0.308 e. The maximum atomic E-state index is 11.7. The van der Waals surface area contributed by atoms with Crippen molar-refractivity contribution in [1.82, 2.24) is 5.32 Å². The molecule has 0 fully saturated rings. The van der Waals surface area contributed by atoms with Crippen molar-refractivity contribution >= 4 is 9.84 Å². The average molecular weight is 283 g/mol. The molecule has 108 valence electrons. The van der Waals surface area contributed by atoms with Crippen LogP contribution in [0.2, 0.25) is 0 Å². The normalized spacial score (nSPS) is 14.3. The highest BCUT2D eigenvalue weighted by molar-refractivity contribution is 7.92. The predicted molar refractivity (Wildman–Crippen MR) is 81.0 cm³/mol. The van der Waals surface area contributed by atoms with E-state index in [0.29, 0.717) is 6.54 Å². The van der Waals surface area contributed by atoms with Crippen LogP contribution < -0.4 is 5.32 Å². The smallest absolute Gasteiger partial charge is 0.153 e. The fourth-order valence-electron chi connectivity index (χ4n) is 1.86. The van der Waals surface area contributed by atoms with Crippen LogP contribution >= 0.6 is 0 Å². The second-order valence-corrected chi connectivity index (χ2v) is 8.31. The maximum Gasteiger partial charge on any atom is 0.153 e. The number of nitrogens with one attached hydrogen (secondary N) is 1. The van der Waals surface area contributed by atoms with Crippen molar-refractivity contribution in [3.63, 3.8) is 0 Å². The summed E-state index contributed by atoms with van der Waals surface area (Å²) < 4.78 is 22.7. The second-order valence-electron chi connectivity index (χ2n) is 5.66. The van der Waals surface area contributed by atoms with Gasteiger partial charge in [-0.25, -0.2) is 8.42 Å². The molecular formula is C15H25NO2S. The van der Waals surface area contributed by atoms with Crippen molar-refractivity contribution in [2.45, 2.75) is 44.4 Å². The highest BCUT2D eigenvalue weighted by atomic mass is 32.2. The van der Waals surface area contributed by atoms with Crippen molar-refractivity contribution in [3.05, 3.63) is 35.9 Å². The lowest BCUT2D eigenvalue weighted by molar-refractivity contribution is 0.450. The number of rotatable bonds is 7. The minimum atomic E-state index is -3.06. The zero-order valence-electron chi connectivity index (χ0n) is 12.3. The van der Waals surface area contributed by atoms with Crippen LogP contribution in [0.15, 0.2) is 30.3 Å². The summed E-state index contributed by atoms with van der Waals surface area (Å²) in [5.41, 5.74) is 1.22. The van der Waals surface area contributed by atoms with Gasteiger partial charge in [0.15, 0.2) is 9.84 Å². The van der Waals surface area contributed by atoms with Gasteiger partial charge in [0.05, 0.1) is 4.75 Å². The Labute approximate surface area is 117 Å². The lowest BCUT2D eigenvalue weighted by Crippen LogP contribution is -2.42. The predicted octanol–water partition coefficient (Wildman–Crippen LogP) is 2.94. The third kappa shape index (κ3) is 4.62. The molecule has 0 aliphatic carbocycles. The molecule has 1 N–H and O–H groups in total. The molecule has 0 aromatic heterocycles. The molecule has 1 aromatic rings. The van der Waals surface area contributed by atoms with Crippen LogP contribution in [0.4, 0.5) is 0 Å². The first-order chi connectivity index (χ1) is 8.78. The molecule has 0 bridgehead atoms. The molecule has 1 aromatic carbocycles. The highest BCUT2D eigenvalue weighted by Gasteiger charge is 2.30. The zero-order chi connectivity index (χ0) is 14.5. The quantitative estimate of drug-likeness (QED) is 0.837. The summed E-state index contributed by atoms with van der Waals surface area (Å²) in [5.74, 6) is 0. The average Bonchev–Trinajstić information content (AvgIpc) is 2.34. The van der Waals surface area contributed by atoms with Crippen LogP contribution in [0.1, 0.15) is 45.2 Å². The summed E-state index contributed by atoms with van der Waals surface area (Å²) in [7, 11) is -3.06. The molecule has 0 spiro atoms. The van der Waals surface area contributed by atoms with Gasteiger partial charge in [-0.3, -0.25) is 0 Å². The van der Waals surface area contributed by atoms with E-state index in [9.17, 15) is 8.42 Å². The topological polar surface area (TPSA) is 46.2 Å². The van der Waals surface area contributed by atoms with Crippen molar-refractivity contribution in [1.29, 1.82) is 0 Å². The van der Waals surface area contributed by atoms with E-state index in [1.54, 1.807) is 13.8 Å². The minimum absolute atomic E-state index is 0.215. The Morgan fingerprint density at radius 2 is 1.79 bits per heavy atom. The van der Waals surface area contributed by atoms with E-state index in [0.717, 1.165) is 12.8 Å². The molecule has 0 saturated carbocycles. The molecule has 0 amide bonds. The largest absolute Gasteiger partial charge is 0.308 e. The van der Waals surface area contributed by atoms with E-state index in [-0.39, 0.29) is 6.04 Å². The van der Waals surface area contributed by atoms with Gasteiger partial charge in [0, 0.05) is 18.8 Å². The standard InChI is InChI=1S/C15H25NO2S/c1-5-9-14(13-10-7-6-8-11-13)16-12-15(2,3)19(4,17)18/h6-8,10-11,14,16H,5,9,12H2,1-4H3.